The largest absolute Gasteiger partial charge is 0.573 e. The number of ether oxygens (including phenoxy) is 3. The summed E-state index contributed by atoms with van der Waals surface area (Å²) < 4.78 is 52.0. The molecule has 1 aliphatic rings. The molecule has 11 heteroatoms. The normalized spacial score (nSPS) is 18.7. The molecule has 3 rings (SSSR count). The Labute approximate surface area is 199 Å². The zero-order chi connectivity index (χ0) is 25.9. The molecule has 2 unspecified atom stereocenters. The van der Waals surface area contributed by atoms with Gasteiger partial charge < -0.3 is 29.3 Å². The first-order valence-electron chi connectivity index (χ1n) is 10.7. The van der Waals surface area contributed by atoms with Crippen LogP contribution in [0.5, 0.6) is 23.0 Å². The second-order valence-electron chi connectivity index (χ2n) is 8.24. The molecule has 2 aromatic rings. The quantitative estimate of drug-likeness (QED) is 0.422. The number of aliphatic hydroxyl groups excluding tert-OH is 1. The molecule has 0 spiro atoms. The average molecular weight is 497 g/mol. The van der Waals surface area contributed by atoms with E-state index in [1.807, 2.05) is 11.9 Å². The number of aliphatic hydroxyl groups is 1. The van der Waals surface area contributed by atoms with Crippen molar-refractivity contribution in [2.24, 2.45) is 0 Å². The van der Waals surface area contributed by atoms with Gasteiger partial charge in [-0.25, -0.2) is 0 Å². The third kappa shape index (κ3) is 6.04. The Morgan fingerprint density at radius 1 is 1.11 bits per heavy atom. The van der Waals surface area contributed by atoms with Gasteiger partial charge in [-0.15, -0.1) is 13.2 Å². The molecule has 0 saturated carbocycles. The molecule has 1 fully saturated rings. The van der Waals surface area contributed by atoms with Crippen molar-refractivity contribution in [1.82, 2.24) is 4.90 Å². The van der Waals surface area contributed by atoms with E-state index >= 15 is 0 Å². The van der Waals surface area contributed by atoms with Gasteiger partial charge in [0.25, 0.3) is 0 Å². The highest BCUT2D eigenvalue weighted by molar-refractivity contribution is 6.15. The van der Waals surface area contributed by atoms with E-state index in [0.717, 1.165) is 12.1 Å². The zero-order valence-corrected chi connectivity index (χ0v) is 19.4. The highest BCUT2D eigenvalue weighted by Gasteiger charge is 2.35. The number of phenolic OH excluding ortho intramolecular Hbond substituents is 1. The van der Waals surface area contributed by atoms with Gasteiger partial charge in [-0.2, -0.15) is 0 Å². The Kier molecular flexibility index (Phi) is 7.91. The molecule has 1 heterocycles. The van der Waals surface area contributed by atoms with Crippen LogP contribution in [0.1, 0.15) is 45.0 Å². The molecular formula is C24H26F3NO7. The number of benzene rings is 2. The van der Waals surface area contributed by atoms with Gasteiger partial charge in [-0.3, -0.25) is 9.59 Å². The Hall–Kier alpha value is -3.31. The monoisotopic (exact) mass is 497 g/mol. The van der Waals surface area contributed by atoms with Gasteiger partial charge in [0.05, 0.1) is 26.7 Å². The predicted molar refractivity (Wildman–Crippen MR) is 118 cm³/mol. The number of rotatable bonds is 8. The van der Waals surface area contributed by atoms with Crippen molar-refractivity contribution < 1.29 is 47.2 Å². The molecular weight excluding hydrogens is 471 g/mol. The number of likely N-dealkylation sites (tertiary alicyclic amines) is 1. The Bertz CT molecular complexity index is 1100. The van der Waals surface area contributed by atoms with Crippen LogP contribution in [0.3, 0.4) is 0 Å². The van der Waals surface area contributed by atoms with Gasteiger partial charge in [-0.05, 0) is 32.1 Å². The first-order chi connectivity index (χ1) is 16.4. The molecule has 2 N–H and O–H groups in total. The number of Topliss-reactive ketones (excluding diaryl/α,β-unsaturated/α-hetero) is 2. The van der Waals surface area contributed by atoms with Crippen molar-refractivity contribution in [1.29, 1.82) is 0 Å². The summed E-state index contributed by atoms with van der Waals surface area (Å²) >= 11 is 0. The number of carbonyl (C=O) groups excluding carboxylic acids is 2. The van der Waals surface area contributed by atoms with Crippen LogP contribution >= 0.6 is 0 Å². The van der Waals surface area contributed by atoms with E-state index in [-0.39, 0.29) is 28.2 Å². The molecule has 35 heavy (non-hydrogen) atoms. The fraction of sp³-hybridized carbons (Fsp3) is 0.417. The molecule has 2 atom stereocenters. The molecule has 0 aromatic heterocycles. The van der Waals surface area contributed by atoms with Gasteiger partial charge in [0.1, 0.15) is 28.6 Å². The standard InChI is InChI=1S/C24H26F3NO7/c1-28-8-7-15(18(31)12-28)21-19(33-2)11-20(34-3)22(23(21)32)17(30)10-16(29)13-5-4-6-14(9-13)35-24(25,26)27/h4-6,9,11,15,18,31-32H,7-8,10,12H2,1-3H3. The molecule has 0 amide bonds. The first kappa shape index (κ1) is 26.3. The Morgan fingerprint density at radius 2 is 1.80 bits per heavy atom. The van der Waals surface area contributed by atoms with Crippen LogP contribution in [0.4, 0.5) is 13.2 Å². The molecule has 1 aliphatic heterocycles. The summed E-state index contributed by atoms with van der Waals surface area (Å²) in [5, 5.41) is 21.7. The number of β-amino-alcohol motifs (C(OH)–C–C–N with tert-alkyl or cyclic N) is 1. The summed E-state index contributed by atoms with van der Waals surface area (Å²) in [6.07, 6.45) is -6.05. The molecule has 2 aromatic carbocycles. The van der Waals surface area contributed by atoms with Crippen molar-refractivity contribution in [2.45, 2.75) is 31.2 Å². The lowest BCUT2D eigenvalue weighted by Gasteiger charge is -2.35. The highest BCUT2D eigenvalue weighted by atomic mass is 19.4. The Balaban J connectivity index is 1.94. The van der Waals surface area contributed by atoms with E-state index in [0.29, 0.717) is 19.5 Å². The number of hydrogen-bond donors (Lipinski definition) is 2. The van der Waals surface area contributed by atoms with Crippen molar-refractivity contribution in [3.8, 4) is 23.0 Å². The fourth-order valence-electron chi connectivity index (χ4n) is 4.22. The van der Waals surface area contributed by atoms with Gasteiger partial charge in [0.15, 0.2) is 11.6 Å². The number of halogens is 3. The van der Waals surface area contributed by atoms with Crippen LogP contribution in [0.2, 0.25) is 0 Å². The number of hydrogen-bond acceptors (Lipinski definition) is 8. The van der Waals surface area contributed by atoms with Crippen molar-refractivity contribution in [3.05, 3.63) is 47.0 Å². The van der Waals surface area contributed by atoms with Gasteiger partial charge in [0, 0.05) is 29.7 Å². The predicted octanol–water partition coefficient (Wildman–Crippen LogP) is 3.54. The van der Waals surface area contributed by atoms with E-state index in [1.54, 1.807) is 0 Å². The lowest BCUT2D eigenvalue weighted by molar-refractivity contribution is -0.274. The maximum atomic E-state index is 13.1. The van der Waals surface area contributed by atoms with Crippen LogP contribution in [-0.2, 0) is 0 Å². The van der Waals surface area contributed by atoms with E-state index in [2.05, 4.69) is 4.74 Å². The summed E-state index contributed by atoms with van der Waals surface area (Å²) in [6, 6.07) is 5.77. The second-order valence-corrected chi connectivity index (χ2v) is 8.24. The van der Waals surface area contributed by atoms with Gasteiger partial charge in [0.2, 0.25) is 0 Å². The van der Waals surface area contributed by atoms with Crippen molar-refractivity contribution >= 4 is 11.6 Å². The lowest BCUT2D eigenvalue weighted by atomic mass is 9.84. The average Bonchev–Trinajstić information content (AvgIpc) is 2.77. The minimum atomic E-state index is -4.94. The molecule has 8 nitrogen and oxygen atoms in total. The smallest absolute Gasteiger partial charge is 0.507 e. The minimum Gasteiger partial charge on any atom is -0.507 e. The summed E-state index contributed by atoms with van der Waals surface area (Å²) in [7, 11) is 4.49. The lowest BCUT2D eigenvalue weighted by Crippen LogP contribution is -2.40. The van der Waals surface area contributed by atoms with Crippen LogP contribution in [0, 0.1) is 0 Å². The summed E-state index contributed by atoms with van der Waals surface area (Å²) in [4.78, 5) is 27.8. The van der Waals surface area contributed by atoms with E-state index in [1.165, 1.54) is 32.4 Å². The fourth-order valence-corrected chi connectivity index (χ4v) is 4.22. The van der Waals surface area contributed by atoms with Gasteiger partial charge >= 0.3 is 6.36 Å². The number of alkyl halides is 3. The zero-order valence-electron chi connectivity index (χ0n) is 19.4. The van der Waals surface area contributed by atoms with Crippen molar-refractivity contribution in [3.63, 3.8) is 0 Å². The molecule has 0 bridgehead atoms. The molecule has 190 valence electrons. The maximum absolute atomic E-state index is 13.1. The number of aromatic hydroxyl groups is 1. The summed E-state index contributed by atoms with van der Waals surface area (Å²) in [6.45, 7) is 0.978. The van der Waals surface area contributed by atoms with Crippen LogP contribution in [0.25, 0.3) is 0 Å². The molecule has 1 saturated heterocycles. The maximum Gasteiger partial charge on any atom is 0.573 e. The summed E-state index contributed by atoms with van der Waals surface area (Å²) in [5.74, 6) is -3.02. The third-order valence-electron chi connectivity index (χ3n) is 5.85. The van der Waals surface area contributed by atoms with Crippen LogP contribution in [0.15, 0.2) is 30.3 Å². The number of nitrogens with zero attached hydrogens (tertiary/aromatic N) is 1. The number of ketones is 2. The number of piperidine rings is 1. The van der Waals surface area contributed by atoms with Gasteiger partial charge in [-0.1, -0.05) is 12.1 Å². The first-order valence-corrected chi connectivity index (χ1v) is 10.7. The SMILES string of the molecule is COc1cc(OC)c(C2CCN(C)CC2O)c(O)c1C(=O)CC(=O)c1cccc(OC(F)(F)F)c1. The van der Waals surface area contributed by atoms with E-state index < -0.39 is 47.9 Å². The number of phenols is 1. The Morgan fingerprint density at radius 3 is 2.40 bits per heavy atom. The minimum absolute atomic E-state index is 0.0440. The topological polar surface area (TPSA) is 106 Å². The second kappa shape index (κ2) is 10.5. The number of methoxy groups -OCH3 is 2. The van der Waals surface area contributed by atoms with Crippen LogP contribution < -0.4 is 14.2 Å². The summed E-state index contributed by atoms with van der Waals surface area (Å²) in [5.41, 5.74) is -0.214. The van der Waals surface area contributed by atoms with E-state index in [9.17, 15) is 33.0 Å². The van der Waals surface area contributed by atoms with E-state index in [4.69, 9.17) is 9.47 Å². The number of carbonyl (C=O) groups is 2. The third-order valence-corrected chi connectivity index (χ3v) is 5.85. The number of likely N-dealkylation sites (N-methyl/N-ethyl adjacent to an activating group) is 1. The van der Waals surface area contributed by atoms with Crippen LogP contribution in [-0.4, -0.2) is 73.5 Å². The van der Waals surface area contributed by atoms with Crippen molar-refractivity contribution in [2.75, 3.05) is 34.4 Å². The highest BCUT2D eigenvalue weighted by Crippen LogP contribution is 2.46. The molecule has 0 aliphatic carbocycles. The molecule has 0 radical (unpaired) electrons.